The average Bonchev–Trinajstić information content (AvgIpc) is 3.10. The van der Waals surface area contributed by atoms with Gasteiger partial charge in [-0.1, -0.05) is 43.0 Å². The van der Waals surface area contributed by atoms with E-state index in [0.29, 0.717) is 18.1 Å². The molecule has 1 amide bonds. The number of ether oxygens (including phenoxy) is 2. The van der Waals surface area contributed by atoms with E-state index in [1.807, 2.05) is 31.2 Å². The fourth-order valence-electron chi connectivity index (χ4n) is 4.78. The number of ketones is 1. The molecule has 1 N–H and O–H groups in total. The number of amides is 1. The SMILES string of the molecule is CCOc1ccc(C2/C(=C(\O)c3cc(OC)ccc3Cl)C(=O)C(=O)N2C2CCCCC2)cc1. The van der Waals surface area contributed by atoms with Crippen LogP contribution in [0, 0.1) is 0 Å². The zero-order valence-corrected chi connectivity index (χ0v) is 19.6. The summed E-state index contributed by atoms with van der Waals surface area (Å²) in [7, 11) is 1.51. The highest BCUT2D eigenvalue weighted by molar-refractivity contribution is 6.47. The van der Waals surface area contributed by atoms with Crippen LogP contribution in [0.25, 0.3) is 5.76 Å². The lowest BCUT2D eigenvalue weighted by Crippen LogP contribution is -2.40. The molecule has 2 aromatic rings. The number of aliphatic hydroxyl groups is 1. The van der Waals surface area contributed by atoms with E-state index >= 15 is 0 Å². The summed E-state index contributed by atoms with van der Waals surface area (Å²) in [6.45, 7) is 2.44. The van der Waals surface area contributed by atoms with E-state index in [9.17, 15) is 14.7 Å². The summed E-state index contributed by atoms with van der Waals surface area (Å²) in [6.07, 6.45) is 4.80. The minimum atomic E-state index is -0.703. The molecule has 0 spiro atoms. The number of hydrogen-bond donors (Lipinski definition) is 1. The monoisotopic (exact) mass is 469 g/mol. The lowest BCUT2D eigenvalue weighted by atomic mass is 9.91. The van der Waals surface area contributed by atoms with E-state index in [-0.39, 0.29) is 28.0 Å². The van der Waals surface area contributed by atoms with Crippen LogP contribution in [0.2, 0.25) is 5.02 Å². The van der Waals surface area contributed by atoms with Crippen molar-refractivity contribution >= 4 is 29.1 Å². The predicted octanol–water partition coefficient (Wildman–Crippen LogP) is 5.50. The van der Waals surface area contributed by atoms with E-state index in [1.165, 1.54) is 7.11 Å². The maximum absolute atomic E-state index is 13.3. The minimum Gasteiger partial charge on any atom is -0.507 e. The summed E-state index contributed by atoms with van der Waals surface area (Å²) in [4.78, 5) is 28.2. The van der Waals surface area contributed by atoms with Gasteiger partial charge in [0.05, 0.1) is 30.4 Å². The van der Waals surface area contributed by atoms with E-state index in [1.54, 1.807) is 23.1 Å². The Hall–Kier alpha value is -2.99. The highest BCUT2D eigenvalue weighted by Crippen LogP contribution is 2.44. The molecule has 1 atom stereocenters. The van der Waals surface area contributed by atoms with Gasteiger partial charge in [0.15, 0.2) is 0 Å². The third-order valence-electron chi connectivity index (χ3n) is 6.38. The first-order valence-corrected chi connectivity index (χ1v) is 11.7. The lowest BCUT2D eigenvalue weighted by Gasteiger charge is -2.35. The molecule has 1 aliphatic heterocycles. The molecule has 0 aromatic heterocycles. The van der Waals surface area contributed by atoms with Crippen molar-refractivity contribution in [2.24, 2.45) is 0 Å². The molecule has 33 heavy (non-hydrogen) atoms. The van der Waals surface area contributed by atoms with Crippen LogP contribution in [0.15, 0.2) is 48.0 Å². The predicted molar refractivity (Wildman–Crippen MR) is 127 cm³/mol. The van der Waals surface area contributed by atoms with Gasteiger partial charge < -0.3 is 19.5 Å². The molecule has 174 valence electrons. The minimum absolute atomic E-state index is 0.0462. The maximum atomic E-state index is 13.3. The molecule has 2 aromatic carbocycles. The van der Waals surface area contributed by atoms with E-state index in [0.717, 1.165) is 37.7 Å². The van der Waals surface area contributed by atoms with Crippen molar-refractivity contribution in [1.29, 1.82) is 0 Å². The third-order valence-corrected chi connectivity index (χ3v) is 6.71. The molecule has 1 saturated carbocycles. The maximum Gasteiger partial charge on any atom is 0.295 e. The Morgan fingerprint density at radius 2 is 1.73 bits per heavy atom. The van der Waals surface area contributed by atoms with Crippen LogP contribution in [0.3, 0.4) is 0 Å². The van der Waals surface area contributed by atoms with Gasteiger partial charge in [0.2, 0.25) is 0 Å². The van der Waals surface area contributed by atoms with Crippen molar-refractivity contribution in [3.05, 3.63) is 64.2 Å². The summed E-state index contributed by atoms with van der Waals surface area (Å²) >= 11 is 6.37. The Morgan fingerprint density at radius 1 is 1.06 bits per heavy atom. The van der Waals surface area contributed by atoms with Crippen molar-refractivity contribution < 1.29 is 24.2 Å². The number of benzene rings is 2. The molecular formula is C26H28ClNO5. The first-order chi connectivity index (χ1) is 16.0. The zero-order valence-electron chi connectivity index (χ0n) is 18.8. The molecular weight excluding hydrogens is 442 g/mol. The number of aliphatic hydroxyl groups excluding tert-OH is 1. The molecule has 4 rings (SSSR count). The quantitative estimate of drug-likeness (QED) is 0.343. The highest BCUT2D eigenvalue weighted by atomic mass is 35.5. The summed E-state index contributed by atoms with van der Waals surface area (Å²) < 4.78 is 10.8. The van der Waals surface area contributed by atoms with E-state index < -0.39 is 17.7 Å². The second kappa shape index (κ2) is 9.87. The Balaban J connectivity index is 1.87. The van der Waals surface area contributed by atoms with Gasteiger partial charge in [0, 0.05) is 11.6 Å². The summed E-state index contributed by atoms with van der Waals surface area (Å²) in [5.41, 5.74) is 1.04. The number of Topliss-reactive ketones (excluding diaryl/α,β-unsaturated/α-hetero) is 1. The smallest absolute Gasteiger partial charge is 0.295 e. The number of methoxy groups -OCH3 is 1. The van der Waals surface area contributed by atoms with Crippen molar-refractivity contribution in [2.75, 3.05) is 13.7 Å². The van der Waals surface area contributed by atoms with Crippen molar-refractivity contribution in [3.63, 3.8) is 0 Å². The molecule has 1 aliphatic carbocycles. The molecule has 6 nitrogen and oxygen atoms in total. The first-order valence-electron chi connectivity index (χ1n) is 11.3. The fraction of sp³-hybridized carbons (Fsp3) is 0.385. The van der Waals surface area contributed by atoms with E-state index in [2.05, 4.69) is 0 Å². The van der Waals surface area contributed by atoms with Crippen LogP contribution in [0.5, 0.6) is 11.5 Å². The highest BCUT2D eigenvalue weighted by Gasteiger charge is 2.49. The lowest BCUT2D eigenvalue weighted by molar-refractivity contribution is -0.141. The summed E-state index contributed by atoms with van der Waals surface area (Å²) in [5.74, 6) is -0.390. The van der Waals surface area contributed by atoms with Gasteiger partial charge in [0.1, 0.15) is 17.3 Å². The van der Waals surface area contributed by atoms with Crippen molar-refractivity contribution in [3.8, 4) is 11.5 Å². The third kappa shape index (κ3) is 4.44. The number of nitrogens with zero attached hydrogens (tertiary/aromatic N) is 1. The number of likely N-dealkylation sites (tertiary alicyclic amines) is 1. The van der Waals surface area contributed by atoms with Gasteiger partial charge in [0.25, 0.3) is 11.7 Å². The van der Waals surface area contributed by atoms with Crippen LogP contribution < -0.4 is 9.47 Å². The molecule has 1 unspecified atom stereocenters. The second-order valence-corrected chi connectivity index (χ2v) is 8.75. The van der Waals surface area contributed by atoms with Crippen LogP contribution in [0.1, 0.15) is 56.2 Å². The van der Waals surface area contributed by atoms with E-state index in [4.69, 9.17) is 21.1 Å². The number of rotatable bonds is 6. The Labute approximate surface area is 198 Å². The first kappa shape index (κ1) is 23.2. The number of halogens is 1. The number of hydrogen-bond acceptors (Lipinski definition) is 5. The molecule has 0 bridgehead atoms. The van der Waals surface area contributed by atoms with Gasteiger partial charge in [-0.25, -0.2) is 0 Å². The average molecular weight is 470 g/mol. The van der Waals surface area contributed by atoms with Crippen LogP contribution in [-0.4, -0.2) is 41.5 Å². The molecule has 2 aliphatic rings. The van der Waals surface area contributed by atoms with Crippen molar-refractivity contribution in [1.82, 2.24) is 4.90 Å². The fourth-order valence-corrected chi connectivity index (χ4v) is 4.99. The largest absolute Gasteiger partial charge is 0.507 e. The topological polar surface area (TPSA) is 76.1 Å². The van der Waals surface area contributed by atoms with Gasteiger partial charge in [-0.05, 0) is 55.7 Å². The molecule has 7 heteroatoms. The molecule has 2 fully saturated rings. The molecule has 0 radical (unpaired) electrons. The van der Waals surface area contributed by atoms with Gasteiger partial charge in [-0.3, -0.25) is 9.59 Å². The van der Waals surface area contributed by atoms with Crippen LogP contribution in [0.4, 0.5) is 0 Å². The van der Waals surface area contributed by atoms with Gasteiger partial charge in [-0.15, -0.1) is 0 Å². The normalized spacial score (nSPS) is 20.8. The number of carbonyl (C=O) groups is 2. The Morgan fingerprint density at radius 3 is 2.36 bits per heavy atom. The standard InChI is InChI=1S/C26H28ClNO5/c1-3-33-18-11-9-16(10-12-18)23-22(24(29)20-15-19(32-2)13-14-21(20)27)25(30)26(31)28(23)17-7-5-4-6-8-17/h9-15,17,23,29H,3-8H2,1-2H3/b24-22+. The number of carbonyl (C=O) groups excluding carboxylic acids is 2. The van der Waals surface area contributed by atoms with Gasteiger partial charge >= 0.3 is 0 Å². The molecule has 1 saturated heterocycles. The van der Waals surface area contributed by atoms with Crippen LogP contribution >= 0.6 is 11.6 Å². The van der Waals surface area contributed by atoms with Crippen LogP contribution in [-0.2, 0) is 9.59 Å². The van der Waals surface area contributed by atoms with Crippen molar-refractivity contribution in [2.45, 2.75) is 51.1 Å². The van der Waals surface area contributed by atoms with Gasteiger partial charge in [-0.2, -0.15) is 0 Å². The second-order valence-electron chi connectivity index (χ2n) is 8.35. The summed E-state index contributed by atoms with van der Waals surface area (Å²) in [6, 6.07) is 11.4. The molecule has 1 heterocycles. The Kier molecular flexibility index (Phi) is 6.94. The summed E-state index contributed by atoms with van der Waals surface area (Å²) in [5, 5.41) is 11.6. The Bertz CT molecular complexity index is 1070. The zero-order chi connectivity index (χ0) is 23.5.